The molecule has 1 aliphatic rings. The molecule has 182 valence electrons. The molecule has 1 aliphatic heterocycles. The van der Waals surface area contributed by atoms with Gasteiger partial charge in [0.25, 0.3) is 0 Å². The van der Waals surface area contributed by atoms with Crippen LogP contribution in [-0.2, 0) is 9.53 Å². The lowest BCUT2D eigenvalue weighted by Crippen LogP contribution is -2.29. The third kappa shape index (κ3) is 4.83. The number of benzene rings is 2. The monoisotopic (exact) mass is 518 g/mol. The van der Waals surface area contributed by atoms with E-state index in [4.69, 9.17) is 33.0 Å². The second-order valence-electron chi connectivity index (χ2n) is 8.21. The van der Waals surface area contributed by atoms with Crippen molar-refractivity contribution in [1.82, 2.24) is 10.3 Å². The number of hydrogen-bond acceptors (Lipinski definition) is 5. The zero-order chi connectivity index (χ0) is 25.1. The van der Waals surface area contributed by atoms with Gasteiger partial charge in [-0.3, -0.25) is 9.78 Å². The number of hydrogen-bond donors (Lipinski definition) is 2. The first-order valence-corrected chi connectivity index (χ1v) is 12.1. The van der Waals surface area contributed by atoms with E-state index in [1.54, 1.807) is 18.3 Å². The predicted molar refractivity (Wildman–Crippen MR) is 144 cm³/mol. The number of ether oxygens (including phenoxy) is 1. The van der Waals surface area contributed by atoms with Gasteiger partial charge in [-0.15, -0.1) is 0 Å². The summed E-state index contributed by atoms with van der Waals surface area (Å²) in [6.07, 6.45) is 1.76. The summed E-state index contributed by atoms with van der Waals surface area (Å²) in [5, 5.41) is 7.05. The molecule has 2 unspecified atom stereocenters. The number of carbonyl (C=O) groups is 1. The van der Waals surface area contributed by atoms with Gasteiger partial charge in [0, 0.05) is 24.6 Å². The number of nitrogens with one attached hydrogen (secondary N) is 2. The van der Waals surface area contributed by atoms with Gasteiger partial charge in [0.1, 0.15) is 24.2 Å². The fraction of sp³-hybridized carbons (Fsp3) is 0.148. The van der Waals surface area contributed by atoms with E-state index in [9.17, 15) is 4.79 Å². The number of amides is 1. The fourth-order valence-corrected chi connectivity index (χ4v) is 4.83. The number of anilines is 2. The first-order valence-electron chi connectivity index (χ1n) is 11.3. The summed E-state index contributed by atoms with van der Waals surface area (Å²) in [5.41, 5.74) is 3.06. The van der Waals surface area contributed by atoms with Gasteiger partial charge >= 0.3 is 0 Å². The molecule has 9 heteroatoms. The minimum atomic E-state index is -0.324. The van der Waals surface area contributed by atoms with Crippen molar-refractivity contribution in [2.45, 2.75) is 12.1 Å². The molecule has 5 rings (SSSR count). The molecule has 2 N–H and O–H groups in total. The molecule has 7 nitrogen and oxygen atoms in total. The van der Waals surface area contributed by atoms with E-state index in [1.807, 2.05) is 71.6 Å². The summed E-state index contributed by atoms with van der Waals surface area (Å²) in [6.45, 7) is -0.0612. The van der Waals surface area contributed by atoms with Gasteiger partial charge in [-0.05, 0) is 54.7 Å². The highest BCUT2D eigenvalue weighted by Crippen LogP contribution is 2.44. The Hall–Kier alpha value is -3.72. The predicted octanol–water partition coefficient (Wildman–Crippen LogP) is 5.76. The van der Waals surface area contributed by atoms with E-state index in [-0.39, 0.29) is 24.6 Å². The Kier molecular flexibility index (Phi) is 6.99. The Morgan fingerprint density at radius 3 is 2.67 bits per heavy atom. The third-order valence-corrected chi connectivity index (χ3v) is 6.48. The zero-order valence-electron chi connectivity index (χ0n) is 19.4. The number of halogens is 1. The molecule has 2 aromatic carbocycles. The van der Waals surface area contributed by atoms with Crippen molar-refractivity contribution in [3.8, 4) is 11.3 Å². The van der Waals surface area contributed by atoms with Crippen LogP contribution in [0.15, 0.2) is 89.5 Å². The third-order valence-electron chi connectivity index (χ3n) is 5.86. The molecule has 3 heterocycles. The van der Waals surface area contributed by atoms with E-state index >= 15 is 0 Å². The van der Waals surface area contributed by atoms with Crippen molar-refractivity contribution in [3.05, 3.63) is 102 Å². The van der Waals surface area contributed by atoms with E-state index in [1.165, 1.54) is 7.11 Å². The number of pyridine rings is 1. The number of carbonyl (C=O) groups excluding carboxylic acids is 1. The maximum atomic E-state index is 12.0. The molecule has 1 saturated heterocycles. The van der Waals surface area contributed by atoms with Crippen molar-refractivity contribution in [3.63, 3.8) is 0 Å². The van der Waals surface area contributed by atoms with Gasteiger partial charge in [-0.25, -0.2) is 0 Å². The molecule has 0 radical (unpaired) electrons. The lowest BCUT2D eigenvalue weighted by molar-refractivity contribution is -0.119. The Labute approximate surface area is 219 Å². The summed E-state index contributed by atoms with van der Waals surface area (Å²) >= 11 is 12.3. The number of methoxy groups -OCH3 is 1. The Morgan fingerprint density at radius 1 is 1.14 bits per heavy atom. The minimum Gasteiger partial charge on any atom is -0.459 e. The largest absolute Gasteiger partial charge is 0.459 e. The Morgan fingerprint density at radius 2 is 1.94 bits per heavy atom. The molecule has 0 saturated carbocycles. The van der Waals surface area contributed by atoms with Crippen molar-refractivity contribution < 1.29 is 13.9 Å². The second-order valence-corrected chi connectivity index (χ2v) is 9.00. The normalized spacial score (nSPS) is 17.2. The van der Waals surface area contributed by atoms with Crippen LogP contribution < -0.4 is 15.5 Å². The maximum Gasteiger partial charge on any atom is 0.250 e. The smallest absolute Gasteiger partial charge is 0.250 e. The molecule has 0 bridgehead atoms. The number of furan rings is 1. The molecule has 2 atom stereocenters. The van der Waals surface area contributed by atoms with Gasteiger partial charge in [0.05, 0.1) is 22.4 Å². The van der Waals surface area contributed by atoms with Gasteiger partial charge in [0.15, 0.2) is 5.11 Å². The average molecular weight is 519 g/mol. The highest BCUT2D eigenvalue weighted by atomic mass is 35.5. The van der Waals surface area contributed by atoms with Crippen LogP contribution in [-0.4, -0.2) is 29.7 Å². The number of thiocarbonyl (C=S) groups is 1. The summed E-state index contributed by atoms with van der Waals surface area (Å²) in [7, 11) is 1.46. The molecule has 1 fully saturated rings. The average Bonchev–Trinajstić information content (AvgIpc) is 3.51. The van der Waals surface area contributed by atoms with Crippen LogP contribution in [0.4, 0.5) is 11.4 Å². The van der Waals surface area contributed by atoms with Gasteiger partial charge < -0.3 is 24.7 Å². The van der Waals surface area contributed by atoms with Crippen molar-refractivity contribution in [2.75, 3.05) is 23.9 Å². The molecular weight excluding hydrogens is 496 g/mol. The first kappa shape index (κ1) is 24.0. The zero-order valence-corrected chi connectivity index (χ0v) is 20.9. The van der Waals surface area contributed by atoms with Crippen LogP contribution in [0.5, 0.6) is 0 Å². The van der Waals surface area contributed by atoms with Gasteiger partial charge in [-0.1, -0.05) is 48.0 Å². The minimum absolute atomic E-state index is 0.0612. The molecule has 0 aliphatic carbocycles. The van der Waals surface area contributed by atoms with Crippen LogP contribution in [0.3, 0.4) is 0 Å². The second kappa shape index (κ2) is 10.5. The summed E-state index contributed by atoms with van der Waals surface area (Å²) in [6, 6.07) is 24.4. The van der Waals surface area contributed by atoms with Gasteiger partial charge in [-0.2, -0.15) is 0 Å². The number of rotatable bonds is 7. The summed E-state index contributed by atoms with van der Waals surface area (Å²) in [5.74, 6) is 1.20. The molecular formula is C27H23ClN4O3S. The SMILES string of the molecule is COCC(=O)Nc1ccc(N2C(=S)NC(c3ccccn3)C2c2ccc(-c3ccccc3)o2)cc1Cl. The van der Waals surface area contributed by atoms with Gasteiger partial charge in [0.2, 0.25) is 5.91 Å². The van der Waals surface area contributed by atoms with Crippen molar-refractivity contribution in [2.24, 2.45) is 0 Å². The van der Waals surface area contributed by atoms with E-state index < -0.39 is 0 Å². The summed E-state index contributed by atoms with van der Waals surface area (Å²) < 4.78 is 11.2. The molecule has 2 aromatic heterocycles. The van der Waals surface area contributed by atoms with Crippen LogP contribution in [0.25, 0.3) is 11.3 Å². The molecule has 36 heavy (non-hydrogen) atoms. The molecule has 4 aromatic rings. The number of nitrogens with zero attached hydrogens (tertiary/aromatic N) is 2. The quantitative estimate of drug-likeness (QED) is 0.301. The highest BCUT2D eigenvalue weighted by molar-refractivity contribution is 7.80. The van der Waals surface area contributed by atoms with E-state index in [0.29, 0.717) is 15.8 Å². The standard InChI is InChI=1S/C27H23ClN4O3S/c1-34-16-24(33)30-20-11-10-18(15-19(20)28)32-26(25(31-27(32)36)21-9-5-6-14-29-21)23-13-12-22(35-23)17-7-3-2-4-8-17/h2-15,25-26H,16H2,1H3,(H,30,33)(H,31,36). The highest BCUT2D eigenvalue weighted by Gasteiger charge is 2.42. The summed E-state index contributed by atoms with van der Waals surface area (Å²) in [4.78, 5) is 18.5. The van der Waals surface area contributed by atoms with Crippen molar-refractivity contribution >= 4 is 46.2 Å². The van der Waals surface area contributed by atoms with Crippen molar-refractivity contribution in [1.29, 1.82) is 0 Å². The Bertz CT molecular complexity index is 1380. The van der Waals surface area contributed by atoms with E-state index in [2.05, 4.69) is 15.6 Å². The topological polar surface area (TPSA) is 79.6 Å². The van der Waals surface area contributed by atoms with E-state index in [0.717, 1.165) is 28.5 Å². The Balaban J connectivity index is 1.53. The lowest BCUT2D eigenvalue weighted by Gasteiger charge is -2.26. The van der Waals surface area contributed by atoms with Crippen LogP contribution in [0, 0.1) is 0 Å². The number of aromatic nitrogens is 1. The van der Waals surface area contributed by atoms with Crippen LogP contribution >= 0.6 is 23.8 Å². The molecule has 1 amide bonds. The maximum absolute atomic E-state index is 12.0. The van der Waals surface area contributed by atoms with Crippen LogP contribution in [0.1, 0.15) is 23.5 Å². The molecule has 0 spiro atoms. The fourth-order valence-electron chi connectivity index (χ4n) is 4.26. The first-order chi connectivity index (χ1) is 17.5. The lowest BCUT2D eigenvalue weighted by atomic mass is 10.0. The van der Waals surface area contributed by atoms with Crippen LogP contribution in [0.2, 0.25) is 5.02 Å².